The summed E-state index contributed by atoms with van der Waals surface area (Å²) in [6.45, 7) is 23.9. The predicted octanol–water partition coefficient (Wildman–Crippen LogP) is 3.44. The van der Waals surface area contributed by atoms with Crippen molar-refractivity contribution in [3.8, 4) is 0 Å². The highest BCUT2D eigenvalue weighted by molar-refractivity contribution is 4.95. The first-order valence-electron chi connectivity index (χ1n) is 9.27. The van der Waals surface area contributed by atoms with Crippen LogP contribution in [0.3, 0.4) is 0 Å². The lowest BCUT2D eigenvalue weighted by Crippen LogP contribution is -2.64. The molecule has 0 radical (unpaired) electrons. The van der Waals surface area contributed by atoms with Gasteiger partial charge in [0, 0.05) is 55.4 Å². The van der Waals surface area contributed by atoms with Gasteiger partial charge in [0.05, 0.1) is 0 Å². The summed E-state index contributed by atoms with van der Waals surface area (Å²) in [6.07, 6.45) is 2.68. The number of piperazine rings is 1. The molecule has 0 bridgehead atoms. The van der Waals surface area contributed by atoms with Crippen LogP contribution in [0.2, 0.25) is 0 Å². The minimum atomic E-state index is 0.278. The van der Waals surface area contributed by atoms with Gasteiger partial charge in [-0.05, 0) is 68.2 Å². The Balaban J connectivity index is 1.94. The largest absolute Gasteiger partial charge is 0.298 e. The van der Waals surface area contributed by atoms with Gasteiger partial charge >= 0.3 is 0 Å². The first kappa shape index (κ1) is 18.2. The normalized spacial score (nSPS) is 31.6. The van der Waals surface area contributed by atoms with Crippen molar-refractivity contribution in [2.75, 3.05) is 26.2 Å². The third kappa shape index (κ3) is 4.04. The van der Waals surface area contributed by atoms with Gasteiger partial charge in [0.1, 0.15) is 0 Å². The molecular formula is C19H39N3. The monoisotopic (exact) mass is 309 g/mol. The van der Waals surface area contributed by atoms with Crippen LogP contribution in [0, 0.1) is 0 Å². The lowest BCUT2D eigenvalue weighted by molar-refractivity contribution is -0.0486. The van der Waals surface area contributed by atoms with Crippen molar-refractivity contribution in [1.82, 2.24) is 14.7 Å². The van der Waals surface area contributed by atoms with Gasteiger partial charge in [-0.1, -0.05) is 0 Å². The van der Waals surface area contributed by atoms with Gasteiger partial charge < -0.3 is 0 Å². The minimum absolute atomic E-state index is 0.278. The van der Waals surface area contributed by atoms with Gasteiger partial charge in [0.25, 0.3) is 0 Å². The second-order valence-corrected chi connectivity index (χ2v) is 9.62. The van der Waals surface area contributed by atoms with Crippen molar-refractivity contribution in [3.63, 3.8) is 0 Å². The molecule has 2 atom stereocenters. The smallest absolute Gasteiger partial charge is 0.0203 e. The molecule has 0 amide bonds. The van der Waals surface area contributed by atoms with Crippen LogP contribution in [0.25, 0.3) is 0 Å². The van der Waals surface area contributed by atoms with E-state index in [1.54, 1.807) is 0 Å². The molecule has 0 aromatic rings. The zero-order chi connectivity index (χ0) is 16.7. The average molecular weight is 310 g/mol. The summed E-state index contributed by atoms with van der Waals surface area (Å²) < 4.78 is 0. The van der Waals surface area contributed by atoms with Crippen LogP contribution in [0.4, 0.5) is 0 Å². The Morgan fingerprint density at radius 1 is 0.727 bits per heavy atom. The zero-order valence-corrected chi connectivity index (χ0v) is 16.3. The second-order valence-electron chi connectivity index (χ2n) is 9.62. The number of hydrogen-bond donors (Lipinski definition) is 0. The average Bonchev–Trinajstić information content (AvgIpc) is 2.35. The molecule has 2 heterocycles. The van der Waals surface area contributed by atoms with Crippen molar-refractivity contribution in [2.45, 2.75) is 97.4 Å². The van der Waals surface area contributed by atoms with Crippen LogP contribution in [-0.2, 0) is 0 Å². The summed E-state index contributed by atoms with van der Waals surface area (Å²) in [5.41, 5.74) is 0.608. The number of rotatable bonds is 1. The Bertz CT molecular complexity index is 346. The molecule has 0 aliphatic carbocycles. The first-order chi connectivity index (χ1) is 10.00. The first-order valence-corrected chi connectivity index (χ1v) is 9.27. The number of piperidine rings is 1. The van der Waals surface area contributed by atoms with Crippen LogP contribution < -0.4 is 0 Å². The van der Waals surface area contributed by atoms with Gasteiger partial charge in [-0.2, -0.15) is 0 Å². The molecule has 0 aromatic carbocycles. The molecule has 0 aromatic heterocycles. The molecule has 2 rings (SSSR count). The Labute approximate surface area is 139 Å². The maximum atomic E-state index is 2.79. The van der Waals surface area contributed by atoms with E-state index in [2.05, 4.69) is 70.1 Å². The fourth-order valence-corrected chi connectivity index (χ4v) is 4.89. The van der Waals surface area contributed by atoms with Crippen molar-refractivity contribution in [3.05, 3.63) is 0 Å². The van der Waals surface area contributed by atoms with Gasteiger partial charge in [-0.3, -0.25) is 14.7 Å². The Hall–Kier alpha value is -0.120. The zero-order valence-electron chi connectivity index (χ0n) is 16.3. The molecule has 0 saturated carbocycles. The van der Waals surface area contributed by atoms with E-state index in [0.29, 0.717) is 17.6 Å². The fraction of sp³-hybridized carbons (Fsp3) is 1.00. The van der Waals surface area contributed by atoms with Crippen molar-refractivity contribution in [2.24, 2.45) is 0 Å². The predicted molar refractivity (Wildman–Crippen MR) is 96.4 cm³/mol. The third-order valence-electron chi connectivity index (χ3n) is 5.65. The van der Waals surface area contributed by atoms with Crippen LogP contribution >= 0.6 is 0 Å². The van der Waals surface area contributed by atoms with E-state index in [0.717, 1.165) is 6.04 Å². The molecule has 2 aliphatic heterocycles. The van der Waals surface area contributed by atoms with E-state index >= 15 is 0 Å². The van der Waals surface area contributed by atoms with Crippen LogP contribution in [-0.4, -0.2) is 70.1 Å². The van der Waals surface area contributed by atoms with E-state index in [-0.39, 0.29) is 5.54 Å². The van der Waals surface area contributed by atoms with E-state index in [9.17, 15) is 0 Å². The molecule has 0 N–H and O–H groups in total. The second kappa shape index (κ2) is 6.41. The van der Waals surface area contributed by atoms with E-state index < -0.39 is 0 Å². The summed E-state index contributed by atoms with van der Waals surface area (Å²) >= 11 is 0. The molecule has 130 valence electrons. The van der Waals surface area contributed by atoms with Crippen LogP contribution in [0.15, 0.2) is 0 Å². The molecule has 2 aliphatic rings. The van der Waals surface area contributed by atoms with Crippen molar-refractivity contribution >= 4 is 0 Å². The lowest BCUT2D eigenvalue weighted by atomic mass is 9.93. The summed E-state index contributed by atoms with van der Waals surface area (Å²) in [5.74, 6) is 0. The van der Waals surface area contributed by atoms with Crippen molar-refractivity contribution in [1.29, 1.82) is 0 Å². The number of nitrogens with zero attached hydrogens (tertiary/aromatic N) is 3. The SMILES string of the molecule is C[C@@H]1CN(C2CCN(C(C)(C)C)CC2)C[C@@H](C)N1C(C)(C)C. The van der Waals surface area contributed by atoms with Gasteiger partial charge in [0.2, 0.25) is 0 Å². The molecule has 22 heavy (non-hydrogen) atoms. The van der Waals surface area contributed by atoms with Gasteiger partial charge in [-0.15, -0.1) is 0 Å². The lowest BCUT2D eigenvalue weighted by Gasteiger charge is -2.53. The van der Waals surface area contributed by atoms with E-state index in [1.165, 1.54) is 39.0 Å². The highest BCUT2D eigenvalue weighted by Gasteiger charge is 2.39. The quantitative estimate of drug-likeness (QED) is 0.734. The van der Waals surface area contributed by atoms with Crippen molar-refractivity contribution < 1.29 is 0 Å². The van der Waals surface area contributed by atoms with Gasteiger partial charge in [0.15, 0.2) is 0 Å². The fourth-order valence-electron chi connectivity index (χ4n) is 4.89. The van der Waals surface area contributed by atoms with Crippen LogP contribution in [0.5, 0.6) is 0 Å². The van der Waals surface area contributed by atoms with E-state index in [1.807, 2.05) is 0 Å². The summed E-state index contributed by atoms with van der Waals surface area (Å²) in [5, 5.41) is 0. The number of hydrogen-bond acceptors (Lipinski definition) is 3. The van der Waals surface area contributed by atoms with Crippen LogP contribution in [0.1, 0.15) is 68.2 Å². The Kier molecular flexibility index (Phi) is 5.31. The topological polar surface area (TPSA) is 9.72 Å². The summed E-state index contributed by atoms with van der Waals surface area (Å²) in [7, 11) is 0. The molecular weight excluding hydrogens is 270 g/mol. The van der Waals surface area contributed by atoms with E-state index in [4.69, 9.17) is 0 Å². The highest BCUT2D eigenvalue weighted by atomic mass is 15.3. The summed E-state index contributed by atoms with van der Waals surface area (Å²) in [6, 6.07) is 2.11. The third-order valence-corrected chi connectivity index (χ3v) is 5.65. The summed E-state index contributed by atoms with van der Waals surface area (Å²) in [4.78, 5) is 8.16. The standard InChI is InChI=1S/C19H39N3/c1-15-13-20(14-16(2)22(15)19(6,7)8)17-9-11-21(12-10-17)18(3,4)5/h15-17H,9-14H2,1-8H3/t15-,16-/m1/s1. The Morgan fingerprint density at radius 3 is 1.55 bits per heavy atom. The molecule has 0 unspecified atom stereocenters. The molecule has 2 saturated heterocycles. The Morgan fingerprint density at radius 2 is 1.18 bits per heavy atom. The molecule has 3 nitrogen and oxygen atoms in total. The maximum absolute atomic E-state index is 2.79. The molecule has 0 spiro atoms. The molecule has 2 fully saturated rings. The molecule has 3 heteroatoms. The van der Waals surface area contributed by atoms with Gasteiger partial charge in [-0.25, -0.2) is 0 Å². The maximum Gasteiger partial charge on any atom is 0.0203 e. The minimum Gasteiger partial charge on any atom is -0.298 e. The highest BCUT2D eigenvalue weighted by Crippen LogP contribution is 2.29. The number of likely N-dealkylation sites (tertiary alicyclic amines) is 1.